The Morgan fingerprint density at radius 2 is 2.28 bits per heavy atom. The lowest BCUT2D eigenvalue weighted by Gasteiger charge is -2.19. The topological polar surface area (TPSA) is 38.9 Å². The maximum atomic E-state index is 6.35. The van der Waals surface area contributed by atoms with Crippen molar-refractivity contribution in [2.45, 2.75) is 24.8 Å². The minimum atomic E-state index is -0.127. The summed E-state index contributed by atoms with van der Waals surface area (Å²) in [7, 11) is 0. The van der Waals surface area contributed by atoms with E-state index in [1.807, 2.05) is 18.3 Å². The number of pyridine rings is 1. The molecule has 0 saturated heterocycles. The molecular weight excluding hydrogens is 287 g/mol. The van der Waals surface area contributed by atoms with Gasteiger partial charge >= 0.3 is 0 Å². The molecule has 0 bridgehead atoms. The van der Waals surface area contributed by atoms with Gasteiger partial charge in [-0.05, 0) is 30.5 Å². The molecule has 0 aliphatic heterocycles. The van der Waals surface area contributed by atoms with Crippen LogP contribution in [0.25, 0.3) is 0 Å². The summed E-state index contributed by atoms with van der Waals surface area (Å²) in [6, 6.07) is 5.84. The molecule has 2 N–H and O–H groups in total. The average Bonchev–Trinajstić information content (AvgIpc) is 2.92. The van der Waals surface area contributed by atoms with E-state index in [2.05, 4.69) is 11.1 Å². The number of fused-ring (bicyclic) bond motifs is 1. The summed E-state index contributed by atoms with van der Waals surface area (Å²) < 4.78 is 1.38. The van der Waals surface area contributed by atoms with E-state index in [1.165, 1.54) is 16.9 Å². The van der Waals surface area contributed by atoms with E-state index in [9.17, 15) is 0 Å². The molecule has 2 heterocycles. The second-order valence-corrected chi connectivity index (χ2v) is 6.78. The van der Waals surface area contributed by atoms with Gasteiger partial charge in [0.25, 0.3) is 0 Å². The second-order valence-electron chi connectivity index (χ2n) is 4.50. The summed E-state index contributed by atoms with van der Waals surface area (Å²) in [5, 5.41) is 0. The third kappa shape index (κ3) is 2.05. The molecule has 0 fully saturated rings. The molecule has 0 aromatic carbocycles. The van der Waals surface area contributed by atoms with Crippen molar-refractivity contribution in [3.8, 4) is 0 Å². The third-order valence-electron chi connectivity index (χ3n) is 3.48. The molecule has 2 unspecified atom stereocenters. The van der Waals surface area contributed by atoms with Gasteiger partial charge in [0.2, 0.25) is 0 Å². The van der Waals surface area contributed by atoms with E-state index in [-0.39, 0.29) is 12.0 Å². The van der Waals surface area contributed by atoms with Crippen LogP contribution in [0.15, 0.2) is 24.4 Å². The molecule has 0 saturated carbocycles. The van der Waals surface area contributed by atoms with E-state index in [0.29, 0.717) is 8.67 Å². The first-order valence-corrected chi connectivity index (χ1v) is 7.38. The van der Waals surface area contributed by atoms with Crippen molar-refractivity contribution in [3.63, 3.8) is 0 Å². The van der Waals surface area contributed by atoms with Crippen molar-refractivity contribution in [3.05, 3.63) is 49.9 Å². The van der Waals surface area contributed by atoms with E-state index >= 15 is 0 Å². The number of aryl methyl sites for hydroxylation is 1. The van der Waals surface area contributed by atoms with Crippen molar-refractivity contribution in [1.82, 2.24) is 4.98 Å². The lowest BCUT2D eigenvalue weighted by atomic mass is 9.93. The molecule has 0 amide bonds. The summed E-state index contributed by atoms with van der Waals surface area (Å²) in [4.78, 5) is 4.47. The summed E-state index contributed by atoms with van der Waals surface area (Å²) in [5.41, 5.74) is 9.71. The highest BCUT2D eigenvalue weighted by atomic mass is 35.5. The zero-order chi connectivity index (χ0) is 12.7. The Morgan fingerprint density at radius 1 is 1.44 bits per heavy atom. The number of nitrogens with zero attached hydrogens (tertiary/aromatic N) is 1. The summed E-state index contributed by atoms with van der Waals surface area (Å²) in [5.74, 6) is 0.240. The number of rotatable bonds is 2. The van der Waals surface area contributed by atoms with Crippen molar-refractivity contribution < 1.29 is 0 Å². The quantitative estimate of drug-likeness (QED) is 0.903. The largest absolute Gasteiger partial charge is 0.323 e. The van der Waals surface area contributed by atoms with E-state index in [4.69, 9.17) is 28.9 Å². The fourth-order valence-electron chi connectivity index (χ4n) is 2.59. The van der Waals surface area contributed by atoms with E-state index < -0.39 is 0 Å². The number of halogens is 2. The van der Waals surface area contributed by atoms with Crippen LogP contribution in [0.3, 0.4) is 0 Å². The summed E-state index contributed by atoms with van der Waals surface area (Å²) in [6.07, 6.45) is 3.89. The zero-order valence-electron chi connectivity index (χ0n) is 9.57. The SMILES string of the molecule is NC(c1cc(Cl)sc1Cl)C1CCc2cccnc21. The first kappa shape index (κ1) is 12.4. The number of aromatic nitrogens is 1. The highest BCUT2D eigenvalue weighted by molar-refractivity contribution is 7.20. The van der Waals surface area contributed by atoms with Gasteiger partial charge in [-0.25, -0.2) is 0 Å². The molecule has 3 rings (SSSR count). The van der Waals surface area contributed by atoms with Crippen LogP contribution in [-0.4, -0.2) is 4.98 Å². The monoisotopic (exact) mass is 298 g/mol. The predicted octanol–water partition coefficient (Wildman–Crippen LogP) is 4.18. The fourth-order valence-corrected chi connectivity index (χ4v) is 4.16. The maximum Gasteiger partial charge on any atom is 0.0992 e. The van der Waals surface area contributed by atoms with Crippen LogP contribution in [0.1, 0.15) is 35.2 Å². The number of nitrogens with two attached hydrogens (primary N) is 1. The Bertz CT molecular complexity index is 582. The Hall–Kier alpha value is -0.610. The minimum Gasteiger partial charge on any atom is -0.323 e. The molecule has 0 radical (unpaired) electrons. The molecule has 2 atom stereocenters. The van der Waals surface area contributed by atoms with E-state index in [1.54, 1.807) is 0 Å². The molecule has 2 aromatic heterocycles. The molecule has 2 aromatic rings. The first-order chi connectivity index (χ1) is 8.66. The van der Waals surface area contributed by atoms with Crippen molar-refractivity contribution in [1.29, 1.82) is 0 Å². The average molecular weight is 299 g/mol. The Balaban J connectivity index is 1.95. The van der Waals surface area contributed by atoms with Crippen LogP contribution in [0.5, 0.6) is 0 Å². The number of thiophene rings is 1. The lowest BCUT2D eigenvalue weighted by molar-refractivity contribution is 0.542. The molecule has 1 aliphatic carbocycles. The Kier molecular flexibility index (Phi) is 3.32. The van der Waals surface area contributed by atoms with Crippen LogP contribution >= 0.6 is 34.5 Å². The molecule has 2 nitrogen and oxygen atoms in total. The van der Waals surface area contributed by atoms with Gasteiger partial charge in [-0.3, -0.25) is 4.98 Å². The highest BCUT2D eigenvalue weighted by Crippen LogP contribution is 2.43. The van der Waals surface area contributed by atoms with Gasteiger partial charge in [0.15, 0.2) is 0 Å². The highest BCUT2D eigenvalue weighted by Gasteiger charge is 2.31. The standard InChI is InChI=1S/C13H12Cl2N2S/c14-10-6-9(13(15)18-10)11(16)8-4-3-7-2-1-5-17-12(7)8/h1-2,5-6,8,11H,3-4,16H2. The van der Waals surface area contributed by atoms with Crippen molar-refractivity contribution in [2.24, 2.45) is 5.73 Å². The number of hydrogen-bond acceptors (Lipinski definition) is 3. The van der Waals surface area contributed by atoms with Gasteiger partial charge in [-0.15, -0.1) is 11.3 Å². The lowest BCUT2D eigenvalue weighted by Crippen LogP contribution is -2.18. The molecule has 94 valence electrons. The Morgan fingerprint density at radius 3 is 3.00 bits per heavy atom. The minimum absolute atomic E-state index is 0.127. The van der Waals surface area contributed by atoms with Crippen LogP contribution in [-0.2, 0) is 6.42 Å². The van der Waals surface area contributed by atoms with Gasteiger partial charge < -0.3 is 5.73 Å². The third-order valence-corrected chi connectivity index (χ3v) is 5.00. The second kappa shape index (κ2) is 4.82. The summed E-state index contributed by atoms with van der Waals surface area (Å²) in [6.45, 7) is 0. The van der Waals surface area contributed by atoms with Crippen LogP contribution in [0.4, 0.5) is 0 Å². The van der Waals surface area contributed by atoms with E-state index in [0.717, 1.165) is 24.1 Å². The van der Waals surface area contributed by atoms with Gasteiger partial charge in [-0.2, -0.15) is 0 Å². The normalized spacial score (nSPS) is 19.8. The van der Waals surface area contributed by atoms with Gasteiger partial charge in [0.1, 0.15) is 0 Å². The fraction of sp³-hybridized carbons (Fsp3) is 0.308. The smallest absolute Gasteiger partial charge is 0.0992 e. The summed E-state index contributed by atoms with van der Waals surface area (Å²) >= 11 is 13.5. The van der Waals surface area contributed by atoms with Gasteiger partial charge in [-0.1, -0.05) is 29.3 Å². The molecular formula is C13H12Cl2N2S. The van der Waals surface area contributed by atoms with Gasteiger partial charge in [0.05, 0.1) is 8.67 Å². The predicted molar refractivity (Wildman–Crippen MR) is 76.6 cm³/mol. The molecule has 18 heavy (non-hydrogen) atoms. The van der Waals surface area contributed by atoms with Gasteiger partial charge in [0, 0.05) is 29.4 Å². The molecule has 0 spiro atoms. The first-order valence-electron chi connectivity index (χ1n) is 5.81. The van der Waals surface area contributed by atoms with Crippen LogP contribution in [0.2, 0.25) is 8.67 Å². The van der Waals surface area contributed by atoms with Crippen LogP contribution in [0, 0.1) is 0 Å². The maximum absolute atomic E-state index is 6.35. The molecule has 5 heteroatoms. The van der Waals surface area contributed by atoms with Crippen molar-refractivity contribution in [2.75, 3.05) is 0 Å². The molecule has 1 aliphatic rings. The van der Waals surface area contributed by atoms with Crippen molar-refractivity contribution >= 4 is 34.5 Å². The number of hydrogen-bond donors (Lipinski definition) is 1. The van der Waals surface area contributed by atoms with Crippen LogP contribution < -0.4 is 5.73 Å². The zero-order valence-corrected chi connectivity index (χ0v) is 11.9. The Labute approximate surface area is 120 Å².